The smallest absolute Gasteiger partial charge is 0.115 e. The van der Waals surface area contributed by atoms with Gasteiger partial charge in [-0.25, -0.2) is 0 Å². The van der Waals surface area contributed by atoms with Crippen molar-refractivity contribution in [1.29, 1.82) is 0 Å². The summed E-state index contributed by atoms with van der Waals surface area (Å²) in [5, 5.41) is 58.0. The molecule has 52 heavy (non-hydrogen) atoms. The standard InChI is InChI=1S/C44H52N4O4/c49-29-9-1-25(2-10-29)41-33-17-19-35(45-33)42(26-3-11-30(50)12-4-26)37-21-23-39(47-37)44(28-7-15-32(52)16-8-28)40-24-22-38(48-40)43(36-20-18-34(41)46-36)27-5-13-31(51)14-6-27/h1-16,33-52H,17-24H2. The first-order valence-corrected chi connectivity index (χ1v) is 19.6. The van der Waals surface area contributed by atoms with Gasteiger partial charge in [0.15, 0.2) is 0 Å². The molecule has 0 aliphatic carbocycles. The number of rotatable bonds is 4. The van der Waals surface area contributed by atoms with Gasteiger partial charge in [0.2, 0.25) is 0 Å². The Kier molecular flexibility index (Phi) is 9.11. The highest BCUT2D eigenvalue weighted by Gasteiger charge is 2.49. The Morgan fingerprint density at radius 3 is 0.577 bits per heavy atom. The SMILES string of the molecule is Oc1ccc(C2C3CCC(N3)C(c3ccc(O)cc3)C3CCC(N3)C(c3ccc(O)cc3)C3CCC(N3)C(c3ccc(O)cc3)C3CCC2N3)cc1. The molecule has 8 N–H and O–H groups in total. The molecule has 5 saturated heterocycles. The molecule has 5 aliphatic heterocycles. The molecule has 0 radical (unpaired) electrons. The third-order valence-electron chi connectivity index (χ3n) is 13.4. The first-order chi connectivity index (χ1) is 25.4. The lowest BCUT2D eigenvalue weighted by molar-refractivity contribution is 0.304. The average Bonchev–Trinajstić information content (AvgIpc) is 3.99. The van der Waals surface area contributed by atoms with Gasteiger partial charge in [-0.3, -0.25) is 0 Å². The van der Waals surface area contributed by atoms with Crippen LogP contribution in [-0.2, 0) is 0 Å². The van der Waals surface area contributed by atoms with Crippen LogP contribution in [0.2, 0.25) is 0 Å². The van der Waals surface area contributed by atoms with E-state index < -0.39 is 0 Å². The van der Waals surface area contributed by atoms with E-state index in [0.29, 0.717) is 23.0 Å². The third-order valence-corrected chi connectivity index (χ3v) is 13.4. The molecule has 8 heteroatoms. The van der Waals surface area contributed by atoms with Crippen molar-refractivity contribution < 1.29 is 20.4 Å². The van der Waals surface area contributed by atoms with E-state index in [1.807, 2.05) is 48.5 Å². The number of hydrogen-bond donors (Lipinski definition) is 8. The van der Waals surface area contributed by atoms with Crippen molar-refractivity contribution in [2.45, 2.75) is 123 Å². The topological polar surface area (TPSA) is 129 Å². The lowest BCUT2D eigenvalue weighted by Crippen LogP contribution is -2.51. The second-order valence-corrected chi connectivity index (χ2v) is 16.3. The average molecular weight is 701 g/mol. The van der Waals surface area contributed by atoms with Crippen LogP contribution < -0.4 is 21.3 Å². The fraction of sp³-hybridized carbons (Fsp3) is 0.455. The maximum Gasteiger partial charge on any atom is 0.115 e. The van der Waals surface area contributed by atoms with Crippen LogP contribution in [0, 0.1) is 0 Å². The molecule has 0 saturated carbocycles. The summed E-state index contributed by atoms with van der Waals surface area (Å²) in [4.78, 5) is 0. The molecule has 9 rings (SSSR count). The highest BCUT2D eigenvalue weighted by Crippen LogP contribution is 2.46. The fourth-order valence-corrected chi connectivity index (χ4v) is 11.2. The number of nitrogens with one attached hydrogen (secondary N) is 4. The molecule has 5 heterocycles. The summed E-state index contributed by atoms with van der Waals surface area (Å²) < 4.78 is 0. The Bertz CT molecular complexity index is 1510. The maximum absolute atomic E-state index is 10.3. The normalized spacial score (nSPS) is 35.8. The van der Waals surface area contributed by atoms with Gasteiger partial charge in [-0.05, 0) is 122 Å². The summed E-state index contributed by atoms with van der Waals surface area (Å²) in [7, 11) is 0. The van der Waals surface area contributed by atoms with Gasteiger partial charge < -0.3 is 41.7 Å². The number of benzene rings is 4. The van der Waals surface area contributed by atoms with Crippen LogP contribution in [0.1, 0.15) is 97.3 Å². The Morgan fingerprint density at radius 1 is 0.269 bits per heavy atom. The molecule has 0 aromatic heterocycles. The van der Waals surface area contributed by atoms with E-state index in [1.54, 1.807) is 0 Å². The Labute approximate surface area is 306 Å². The predicted octanol–water partition coefficient (Wildman–Crippen LogP) is 6.44. The number of aromatic hydroxyl groups is 4. The largest absolute Gasteiger partial charge is 0.508 e. The van der Waals surface area contributed by atoms with Gasteiger partial charge in [-0.1, -0.05) is 48.5 Å². The van der Waals surface area contributed by atoms with Crippen molar-refractivity contribution >= 4 is 0 Å². The van der Waals surface area contributed by atoms with Crippen LogP contribution in [0.15, 0.2) is 97.1 Å². The second-order valence-electron chi connectivity index (χ2n) is 16.3. The van der Waals surface area contributed by atoms with Crippen LogP contribution in [0.5, 0.6) is 23.0 Å². The lowest BCUT2D eigenvalue weighted by atomic mass is 9.82. The zero-order valence-corrected chi connectivity index (χ0v) is 29.6. The van der Waals surface area contributed by atoms with E-state index in [4.69, 9.17) is 0 Å². The first-order valence-electron chi connectivity index (χ1n) is 19.6. The van der Waals surface area contributed by atoms with Gasteiger partial charge in [0, 0.05) is 72.0 Å². The van der Waals surface area contributed by atoms with Gasteiger partial charge in [-0.15, -0.1) is 0 Å². The fourth-order valence-electron chi connectivity index (χ4n) is 11.2. The van der Waals surface area contributed by atoms with Crippen molar-refractivity contribution in [2.75, 3.05) is 0 Å². The summed E-state index contributed by atoms with van der Waals surface area (Å²) in [6.45, 7) is 0. The zero-order chi connectivity index (χ0) is 35.3. The van der Waals surface area contributed by atoms with E-state index >= 15 is 0 Å². The molecule has 8 nitrogen and oxygen atoms in total. The van der Waals surface area contributed by atoms with Gasteiger partial charge in [0.1, 0.15) is 23.0 Å². The molecular weight excluding hydrogens is 649 g/mol. The minimum absolute atomic E-state index is 0.233. The lowest BCUT2D eigenvalue weighted by Gasteiger charge is -2.37. The Hall–Kier alpha value is -4.08. The molecule has 5 fully saturated rings. The molecule has 4 aromatic carbocycles. The molecule has 8 unspecified atom stereocenters. The number of phenols is 4. The summed E-state index contributed by atoms with van der Waals surface area (Å²) in [6.07, 6.45) is 8.50. The minimum atomic E-state index is 0.233. The van der Waals surface area contributed by atoms with Crippen LogP contribution in [-0.4, -0.2) is 68.8 Å². The highest BCUT2D eigenvalue weighted by molar-refractivity contribution is 5.37. The summed E-state index contributed by atoms with van der Waals surface area (Å²) in [5.74, 6) is 2.10. The van der Waals surface area contributed by atoms with E-state index in [0.717, 1.165) is 51.4 Å². The van der Waals surface area contributed by atoms with E-state index in [-0.39, 0.29) is 72.0 Å². The molecule has 5 aliphatic rings. The highest BCUT2D eigenvalue weighted by atomic mass is 16.3. The molecular formula is C44H52N4O4. The summed E-state index contributed by atoms with van der Waals surface area (Å²) in [5.41, 5.74) is 5.03. The third kappa shape index (κ3) is 6.44. The van der Waals surface area contributed by atoms with Crippen LogP contribution in [0.3, 0.4) is 0 Å². The minimum Gasteiger partial charge on any atom is -0.508 e. The van der Waals surface area contributed by atoms with Crippen molar-refractivity contribution in [3.05, 3.63) is 119 Å². The van der Waals surface area contributed by atoms with Crippen molar-refractivity contribution in [3.8, 4) is 23.0 Å². The Morgan fingerprint density at radius 2 is 0.423 bits per heavy atom. The molecule has 0 spiro atoms. The number of phenolic OH excluding ortho intramolecular Hbond substituents is 4. The first kappa shape index (κ1) is 33.7. The van der Waals surface area contributed by atoms with Crippen LogP contribution in [0.25, 0.3) is 0 Å². The molecule has 272 valence electrons. The molecule has 4 aromatic rings. The van der Waals surface area contributed by atoms with Gasteiger partial charge in [-0.2, -0.15) is 0 Å². The predicted molar refractivity (Wildman–Crippen MR) is 203 cm³/mol. The summed E-state index contributed by atoms with van der Waals surface area (Å²) in [6, 6.07) is 33.7. The van der Waals surface area contributed by atoms with Crippen LogP contribution in [0.4, 0.5) is 0 Å². The molecule has 8 bridgehead atoms. The Balaban J connectivity index is 1.14. The van der Waals surface area contributed by atoms with Crippen molar-refractivity contribution in [2.24, 2.45) is 0 Å². The van der Waals surface area contributed by atoms with Gasteiger partial charge in [0.25, 0.3) is 0 Å². The van der Waals surface area contributed by atoms with Gasteiger partial charge in [0.05, 0.1) is 0 Å². The van der Waals surface area contributed by atoms with E-state index in [1.165, 1.54) is 22.3 Å². The van der Waals surface area contributed by atoms with Crippen molar-refractivity contribution in [3.63, 3.8) is 0 Å². The zero-order valence-electron chi connectivity index (χ0n) is 29.6. The maximum atomic E-state index is 10.3. The monoisotopic (exact) mass is 700 g/mol. The molecule has 8 atom stereocenters. The van der Waals surface area contributed by atoms with Crippen LogP contribution >= 0.6 is 0 Å². The number of fused-ring (bicyclic) bond motifs is 8. The summed E-state index contributed by atoms with van der Waals surface area (Å²) >= 11 is 0. The second kappa shape index (κ2) is 14.0. The van der Waals surface area contributed by atoms with Gasteiger partial charge >= 0.3 is 0 Å². The number of hydrogen-bond acceptors (Lipinski definition) is 8. The quantitative estimate of drug-likeness (QED) is 0.122. The van der Waals surface area contributed by atoms with Crippen molar-refractivity contribution in [1.82, 2.24) is 21.3 Å². The van der Waals surface area contributed by atoms with E-state index in [2.05, 4.69) is 69.8 Å². The van der Waals surface area contributed by atoms with E-state index in [9.17, 15) is 20.4 Å². The molecule has 0 amide bonds.